The van der Waals surface area contributed by atoms with Crippen molar-refractivity contribution >= 4 is 29.0 Å². The van der Waals surface area contributed by atoms with Crippen LogP contribution in [0.3, 0.4) is 0 Å². The van der Waals surface area contributed by atoms with Crippen molar-refractivity contribution in [1.82, 2.24) is 14.9 Å². The first-order valence-electron chi connectivity index (χ1n) is 10.8. The van der Waals surface area contributed by atoms with Crippen molar-refractivity contribution < 1.29 is 14.3 Å². The number of fused-ring (bicyclic) bond motifs is 1. The average Bonchev–Trinajstić information content (AvgIpc) is 2.78. The van der Waals surface area contributed by atoms with Crippen LogP contribution in [0.4, 0.5) is 0 Å². The van der Waals surface area contributed by atoms with Crippen LogP contribution in [0.1, 0.15) is 50.0 Å². The first-order chi connectivity index (χ1) is 15.4. The Balaban J connectivity index is 1.93. The van der Waals surface area contributed by atoms with Crippen LogP contribution in [-0.4, -0.2) is 34.7 Å². The number of nitrogens with one attached hydrogen (secondary N) is 2. The van der Waals surface area contributed by atoms with Crippen molar-refractivity contribution in [3.63, 3.8) is 0 Å². The van der Waals surface area contributed by atoms with E-state index in [0.717, 1.165) is 12.0 Å². The van der Waals surface area contributed by atoms with E-state index in [-0.39, 0.29) is 24.1 Å². The molecular formula is C24H29N3O4S. The number of rotatable bonds is 9. The molecule has 32 heavy (non-hydrogen) atoms. The summed E-state index contributed by atoms with van der Waals surface area (Å²) >= 11 is 5.46. The van der Waals surface area contributed by atoms with E-state index < -0.39 is 0 Å². The van der Waals surface area contributed by atoms with Crippen molar-refractivity contribution in [2.75, 3.05) is 13.2 Å². The van der Waals surface area contributed by atoms with Gasteiger partial charge >= 0.3 is 0 Å². The van der Waals surface area contributed by atoms with Gasteiger partial charge < -0.3 is 19.8 Å². The van der Waals surface area contributed by atoms with Gasteiger partial charge in [-0.1, -0.05) is 19.1 Å². The number of hydrogen-bond donors (Lipinski definition) is 2. The maximum atomic E-state index is 13.2. The van der Waals surface area contributed by atoms with Gasteiger partial charge in [-0.25, -0.2) is 0 Å². The van der Waals surface area contributed by atoms with Crippen LogP contribution in [0.15, 0.2) is 41.2 Å². The Labute approximate surface area is 192 Å². The minimum absolute atomic E-state index is 0.111. The molecule has 2 N–H and O–H groups in total. The predicted molar refractivity (Wildman–Crippen MR) is 128 cm³/mol. The van der Waals surface area contributed by atoms with Gasteiger partial charge in [0.2, 0.25) is 0 Å². The maximum Gasteiger partial charge on any atom is 0.262 e. The van der Waals surface area contributed by atoms with Gasteiger partial charge in [-0.2, -0.15) is 0 Å². The Hall–Kier alpha value is -3.13. The first-order valence-corrected chi connectivity index (χ1v) is 11.2. The maximum absolute atomic E-state index is 13.2. The van der Waals surface area contributed by atoms with Crippen LogP contribution in [0, 0.1) is 4.77 Å². The molecule has 0 aliphatic carbocycles. The third kappa shape index (κ3) is 5.19. The van der Waals surface area contributed by atoms with E-state index in [0.29, 0.717) is 46.0 Å². The normalized spacial score (nSPS) is 11.9. The van der Waals surface area contributed by atoms with E-state index >= 15 is 0 Å². The van der Waals surface area contributed by atoms with Crippen molar-refractivity contribution in [3.05, 3.63) is 62.6 Å². The molecule has 0 saturated heterocycles. The standard InChI is InChI=1S/C24H29N3O4S/c1-5-15(4)25-22(28)17-10-8-16(9-11-17)14-27-23(29)18-12-20(30-6-2)21(31-7-3)13-19(18)26-24(27)32/h8-13,15H,5-7,14H2,1-4H3,(H,25,28)(H,26,32)/t15-/m1/s1. The quantitative estimate of drug-likeness (QED) is 0.466. The van der Waals surface area contributed by atoms with Crippen LogP contribution in [0.5, 0.6) is 11.5 Å². The molecule has 3 aromatic rings. The Kier molecular flexibility index (Phi) is 7.69. The SMILES string of the molecule is CCOc1cc2[nH]c(=S)n(Cc3ccc(C(=O)N[C@H](C)CC)cc3)c(=O)c2cc1OCC. The number of benzene rings is 2. The fraction of sp³-hybridized carbons (Fsp3) is 0.375. The summed E-state index contributed by atoms with van der Waals surface area (Å²) in [6, 6.07) is 10.7. The zero-order valence-electron chi connectivity index (χ0n) is 18.9. The number of amides is 1. The molecule has 0 spiro atoms. The van der Waals surface area contributed by atoms with E-state index in [4.69, 9.17) is 21.7 Å². The molecule has 0 unspecified atom stereocenters. The Morgan fingerprint density at radius 2 is 1.72 bits per heavy atom. The number of hydrogen-bond acceptors (Lipinski definition) is 5. The van der Waals surface area contributed by atoms with Gasteiger partial charge in [0.05, 0.1) is 30.7 Å². The van der Waals surface area contributed by atoms with E-state index in [1.807, 2.05) is 39.8 Å². The number of aromatic nitrogens is 2. The third-order valence-corrected chi connectivity index (χ3v) is 5.52. The lowest BCUT2D eigenvalue weighted by Gasteiger charge is -2.14. The second kappa shape index (κ2) is 10.5. The van der Waals surface area contributed by atoms with Crippen molar-refractivity contribution in [1.29, 1.82) is 0 Å². The number of aromatic amines is 1. The molecule has 7 nitrogen and oxygen atoms in total. The largest absolute Gasteiger partial charge is 0.490 e. The molecule has 0 aliphatic heterocycles. The minimum atomic E-state index is -0.216. The fourth-order valence-corrected chi connectivity index (χ4v) is 3.55. The summed E-state index contributed by atoms with van der Waals surface area (Å²) in [7, 11) is 0. The summed E-state index contributed by atoms with van der Waals surface area (Å²) < 4.78 is 13.1. The number of H-pyrrole nitrogens is 1. The van der Waals surface area contributed by atoms with Gasteiger partial charge in [-0.15, -0.1) is 0 Å². The Morgan fingerprint density at radius 3 is 2.31 bits per heavy atom. The summed E-state index contributed by atoms with van der Waals surface area (Å²) in [5, 5.41) is 3.41. The number of nitrogens with zero attached hydrogens (tertiary/aromatic N) is 1. The molecule has 8 heteroatoms. The van der Waals surface area contributed by atoms with E-state index in [2.05, 4.69) is 10.3 Å². The van der Waals surface area contributed by atoms with Crippen molar-refractivity contribution in [2.24, 2.45) is 0 Å². The molecule has 0 saturated carbocycles. The molecule has 1 amide bonds. The summed E-state index contributed by atoms with van der Waals surface area (Å²) in [4.78, 5) is 28.6. The van der Waals surface area contributed by atoms with Crippen molar-refractivity contribution in [3.8, 4) is 11.5 Å². The zero-order valence-corrected chi connectivity index (χ0v) is 19.7. The van der Waals surface area contributed by atoms with E-state index in [9.17, 15) is 9.59 Å². The summed E-state index contributed by atoms with van der Waals surface area (Å²) in [5.74, 6) is 0.975. The molecule has 2 aromatic carbocycles. The highest BCUT2D eigenvalue weighted by Crippen LogP contribution is 2.30. The Morgan fingerprint density at radius 1 is 1.09 bits per heavy atom. The molecule has 1 aromatic heterocycles. The van der Waals surface area contributed by atoms with Crippen LogP contribution < -0.4 is 20.3 Å². The minimum Gasteiger partial charge on any atom is -0.490 e. The second-order valence-corrected chi connectivity index (χ2v) is 7.90. The monoisotopic (exact) mass is 455 g/mol. The first kappa shape index (κ1) is 23.5. The molecule has 0 fully saturated rings. The lowest BCUT2D eigenvalue weighted by molar-refractivity contribution is 0.0939. The van der Waals surface area contributed by atoms with Crippen molar-refractivity contribution in [2.45, 2.75) is 46.7 Å². The lowest BCUT2D eigenvalue weighted by atomic mass is 10.1. The van der Waals surface area contributed by atoms with Gasteiger partial charge in [0.25, 0.3) is 11.5 Å². The molecule has 170 valence electrons. The van der Waals surface area contributed by atoms with Gasteiger partial charge in [0.15, 0.2) is 16.3 Å². The zero-order chi connectivity index (χ0) is 23.3. The smallest absolute Gasteiger partial charge is 0.262 e. The van der Waals surface area contributed by atoms with Gasteiger partial charge in [-0.05, 0) is 63.2 Å². The number of carbonyl (C=O) groups excluding carboxylic acids is 1. The third-order valence-electron chi connectivity index (χ3n) is 5.19. The lowest BCUT2D eigenvalue weighted by Crippen LogP contribution is -2.31. The van der Waals surface area contributed by atoms with Crippen LogP contribution in [0.25, 0.3) is 10.9 Å². The summed E-state index contributed by atoms with van der Waals surface area (Å²) in [5.41, 5.74) is 1.82. The van der Waals surface area contributed by atoms with Crippen LogP contribution in [0.2, 0.25) is 0 Å². The van der Waals surface area contributed by atoms with Crippen LogP contribution >= 0.6 is 12.2 Å². The van der Waals surface area contributed by atoms with Crippen LogP contribution in [-0.2, 0) is 6.54 Å². The van der Waals surface area contributed by atoms with E-state index in [1.165, 1.54) is 4.57 Å². The Bertz CT molecular complexity index is 1210. The molecule has 1 heterocycles. The highest BCUT2D eigenvalue weighted by molar-refractivity contribution is 7.71. The topological polar surface area (TPSA) is 85.4 Å². The predicted octanol–water partition coefficient (Wildman–Crippen LogP) is 4.43. The summed E-state index contributed by atoms with van der Waals surface area (Å²) in [6.45, 7) is 8.98. The molecule has 0 radical (unpaired) electrons. The average molecular weight is 456 g/mol. The van der Waals surface area contributed by atoms with Gasteiger partial charge in [0, 0.05) is 17.7 Å². The number of ether oxygens (including phenoxy) is 2. The fourth-order valence-electron chi connectivity index (χ4n) is 3.29. The molecule has 0 bridgehead atoms. The highest BCUT2D eigenvalue weighted by Gasteiger charge is 2.13. The highest BCUT2D eigenvalue weighted by atomic mass is 32.1. The second-order valence-electron chi connectivity index (χ2n) is 7.51. The molecule has 3 rings (SSSR count). The summed E-state index contributed by atoms with van der Waals surface area (Å²) in [6.07, 6.45) is 0.865. The number of carbonyl (C=O) groups is 1. The molecule has 1 atom stereocenters. The molecule has 0 aliphatic rings. The molecular weight excluding hydrogens is 426 g/mol. The van der Waals surface area contributed by atoms with E-state index in [1.54, 1.807) is 24.3 Å². The van der Waals surface area contributed by atoms with Gasteiger partial charge in [-0.3, -0.25) is 14.2 Å². The van der Waals surface area contributed by atoms with Gasteiger partial charge in [0.1, 0.15) is 0 Å².